The molecule has 174 valence electrons. The lowest BCUT2D eigenvalue weighted by molar-refractivity contribution is -0.123. The lowest BCUT2D eigenvalue weighted by Gasteiger charge is -2.36. The quantitative estimate of drug-likeness (QED) is 0.472. The summed E-state index contributed by atoms with van der Waals surface area (Å²) in [5, 5.41) is 13.1. The monoisotopic (exact) mass is 475 g/mol. The smallest absolute Gasteiger partial charge is 0.240 e. The van der Waals surface area contributed by atoms with Crippen LogP contribution in [0.1, 0.15) is 19.3 Å². The number of aliphatic hydroxyl groups excluding tert-OH is 1. The maximum atomic E-state index is 12.6. The molecule has 0 spiro atoms. The van der Waals surface area contributed by atoms with Crippen molar-refractivity contribution in [2.24, 2.45) is 0 Å². The molecule has 0 unspecified atom stereocenters. The van der Waals surface area contributed by atoms with E-state index in [0.29, 0.717) is 50.6 Å². The van der Waals surface area contributed by atoms with E-state index in [9.17, 15) is 18.3 Å². The number of carbonyl (C=O) groups is 1. The molecule has 1 aromatic carbocycles. The van der Waals surface area contributed by atoms with Crippen LogP contribution in [0.15, 0.2) is 29.2 Å². The summed E-state index contributed by atoms with van der Waals surface area (Å²) in [7, 11) is -3.75. The van der Waals surface area contributed by atoms with Gasteiger partial charge in [0.15, 0.2) is 0 Å². The van der Waals surface area contributed by atoms with E-state index in [1.807, 2.05) is 0 Å². The third-order valence-electron chi connectivity index (χ3n) is 5.49. The number of rotatable bonds is 9. The van der Waals surface area contributed by atoms with Gasteiger partial charge in [-0.1, -0.05) is 11.6 Å². The van der Waals surface area contributed by atoms with Crippen LogP contribution in [0.3, 0.4) is 0 Å². The van der Waals surface area contributed by atoms with Gasteiger partial charge >= 0.3 is 0 Å². The molecule has 2 aliphatic heterocycles. The van der Waals surface area contributed by atoms with Crippen LogP contribution in [0.2, 0.25) is 5.02 Å². The van der Waals surface area contributed by atoms with Crippen LogP contribution < -0.4 is 10.0 Å². The highest BCUT2D eigenvalue weighted by molar-refractivity contribution is 7.89. The highest BCUT2D eigenvalue weighted by atomic mass is 35.5. The maximum Gasteiger partial charge on any atom is 0.240 e. The van der Waals surface area contributed by atoms with Crippen LogP contribution in [0.4, 0.5) is 0 Å². The van der Waals surface area contributed by atoms with Crippen molar-refractivity contribution in [1.82, 2.24) is 14.9 Å². The number of ether oxygens (including phenoxy) is 2. The van der Waals surface area contributed by atoms with Gasteiger partial charge in [0, 0.05) is 24.7 Å². The molecule has 1 aromatic rings. The summed E-state index contributed by atoms with van der Waals surface area (Å²) in [6.07, 6.45) is 0.956. The second-order valence-corrected chi connectivity index (χ2v) is 9.92. The summed E-state index contributed by atoms with van der Waals surface area (Å²) in [5.41, 5.74) is 0. The molecule has 3 atom stereocenters. The molecule has 1 amide bonds. The average molecular weight is 476 g/mol. The lowest BCUT2D eigenvalue weighted by atomic mass is 9.98. The molecule has 2 heterocycles. The van der Waals surface area contributed by atoms with E-state index in [-0.39, 0.29) is 23.5 Å². The van der Waals surface area contributed by atoms with E-state index < -0.39 is 22.2 Å². The summed E-state index contributed by atoms with van der Waals surface area (Å²) in [5.74, 6) is -0.0370. The predicted molar refractivity (Wildman–Crippen MR) is 115 cm³/mol. The van der Waals surface area contributed by atoms with Gasteiger partial charge < -0.3 is 19.9 Å². The Labute approximate surface area is 188 Å². The van der Waals surface area contributed by atoms with E-state index in [2.05, 4.69) is 14.9 Å². The number of hydrogen-bond donors (Lipinski definition) is 3. The van der Waals surface area contributed by atoms with E-state index >= 15 is 0 Å². The van der Waals surface area contributed by atoms with Gasteiger partial charge in [-0.15, -0.1) is 0 Å². The molecule has 2 saturated heterocycles. The molecule has 0 bridgehead atoms. The van der Waals surface area contributed by atoms with Gasteiger partial charge in [0.2, 0.25) is 15.9 Å². The van der Waals surface area contributed by atoms with Crippen LogP contribution in [-0.2, 0) is 24.3 Å². The Kier molecular flexibility index (Phi) is 9.08. The molecule has 3 N–H and O–H groups in total. The number of sulfonamides is 1. The number of nitrogens with one attached hydrogen (secondary N) is 2. The predicted octanol–water partition coefficient (Wildman–Crippen LogP) is 0.365. The summed E-state index contributed by atoms with van der Waals surface area (Å²) in [4.78, 5) is 14.2. The minimum atomic E-state index is -3.75. The first-order chi connectivity index (χ1) is 14.9. The first-order valence-electron chi connectivity index (χ1n) is 10.5. The molecule has 0 aliphatic carbocycles. The number of nitrogens with zero attached hydrogens (tertiary/aromatic N) is 1. The maximum absolute atomic E-state index is 12.6. The van der Waals surface area contributed by atoms with Crippen molar-refractivity contribution in [1.29, 1.82) is 0 Å². The Morgan fingerprint density at radius 3 is 2.58 bits per heavy atom. The van der Waals surface area contributed by atoms with Crippen molar-refractivity contribution in [2.75, 3.05) is 46.0 Å². The van der Waals surface area contributed by atoms with Gasteiger partial charge in [0.25, 0.3) is 0 Å². The van der Waals surface area contributed by atoms with Gasteiger partial charge in [-0.25, -0.2) is 13.1 Å². The lowest BCUT2D eigenvalue weighted by Crippen LogP contribution is -2.51. The second-order valence-electron chi connectivity index (χ2n) is 7.77. The topological polar surface area (TPSA) is 117 Å². The van der Waals surface area contributed by atoms with Crippen LogP contribution in [0.5, 0.6) is 0 Å². The van der Waals surface area contributed by atoms with E-state index in [1.165, 1.54) is 24.3 Å². The van der Waals surface area contributed by atoms with Crippen molar-refractivity contribution in [2.45, 2.75) is 42.4 Å². The van der Waals surface area contributed by atoms with Gasteiger partial charge in [-0.2, -0.15) is 0 Å². The molecule has 0 aromatic heterocycles. The first-order valence-corrected chi connectivity index (χ1v) is 12.3. The molecule has 11 heteroatoms. The SMILES string of the molecule is O=C(CN1CCOCC1)NCC[C@H]1CC[C@H](NS(=O)(=O)c2ccc(Cl)cc2)[C@H](CO)O1. The van der Waals surface area contributed by atoms with Crippen molar-refractivity contribution >= 4 is 27.5 Å². The van der Waals surface area contributed by atoms with Gasteiger partial charge in [0.05, 0.1) is 49.5 Å². The number of amides is 1. The minimum absolute atomic E-state index is 0.0370. The third-order valence-corrected chi connectivity index (χ3v) is 7.24. The van der Waals surface area contributed by atoms with E-state index in [0.717, 1.165) is 13.1 Å². The van der Waals surface area contributed by atoms with Crippen LogP contribution in [0, 0.1) is 0 Å². The number of hydrogen-bond acceptors (Lipinski definition) is 7. The number of halogens is 1. The largest absolute Gasteiger partial charge is 0.394 e. The normalized spacial score (nSPS) is 25.3. The van der Waals surface area contributed by atoms with Crippen LogP contribution in [-0.4, -0.2) is 88.6 Å². The third kappa shape index (κ3) is 7.38. The van der Waals surface area contributed by atoms with Gasteiger partial charge in [0.1, 0.15) is 0 Å². The molecule has 9 nitrogen and oxygen atoms in total. The highest BCUT2D eigenvalue weighted by Crippen LogP contribution is 2.23. The summed E-state index contributed by atoms with van der Waals surface area (Å²) >= 11 is 5.82. The average Bonchev–Trinajstić information content (AvgIpc) is 2.75. The summed E-state index contributed by atoms with van der Waals surface area (Å²) in [6.45, 7) is 3.32. The number of carbonyl (C=O) groups excluding carboxylic acids is 1. The molecule has 31 heavy (non-hydrogen) atoms. The van der Waals surface area contributed by atoms with Crippen molar-refractivity contribution < 1.29 is 27.8 Å². The highest BCUT2D eigenvalue weighted by Gasteiger charge is 2.33. The number of benzene rings is 1. The molecular weight excluding hydrogens is 446 g/mol. The van der Waals surface area contributed by atoms with Crippen LogP contribution >= 0.6 is 11.6 Å². The molecule has 3 rings (SSSR count). The van der Waals surface area contributed by atoms with Crippen molar-refractivity contribution in [3.8, 4) is 0 Å². The minimum Gasteiger partial charge on any atom is -0.394 e. The van der Waals surface area contributed by atoms with Crippen LogP contribution in [0.25, 0.3) is 0 Å². The van der Waals surface area contributed by atoms with Gasteiger partial charge in [-0.05, 0) is 43.5 Å². The Morgan fingerprint density at radius 1 is 1.19 bits per heavy atom. The van der Waals surface area contributed by atoms with Crippen molar-refractivity contribution in [3.05, 3.63) is 29.3 Å². The summed E-state index contributed by atoms with van der Waals surface area (Å²) in [6, 6.07) is 5.37. The molecular formula is C20H30ClN3O6S. The fraction of sp³-hybridized carbons (Fsp3) is 0.650. The fourth-order valence-corrected chi connectivity index (χ4v) is 5.18. The Hall–Kier alpha value is -1.27. The zero-order valence-corrected chi connectivity index (χ0v) is 18.9. The van der Waals surface area contributed by atoms with Crippen molar-refractivity contribution in [3.63, 3.8) is 0 Å². The molecule has 0 saturated carbocycles. The zero-order valence-electron chi connectivity index (χ0n) is 17.3. The number of morpholine rings is 1. The van der Waals surface area contributed by atoms with E-state index in [1.54, 1.807) is 0 Å². The standard InChI is InChI=1S/C20H30ClN3O6S/c21-15-1-4-17(5-2-15)31(27,28)23-18-6-3-16(30-19(18)14-25)7-8-22-20(26)13-24-9-11-29-12-10-24/h1-2,4-5,16,18-19,23,25H,3,6-14H2,(H,22,26)/t16-,18+,19+/m1/s1. The molecule has 2 aliphatic rings. The summed E-state index contributed by atoms with van der Waals surface area (Å²) < 4.78 is 39.0. The Bertz CT molecular complexity index is 817. The number of aliphatic hydroxyl groups is 1. The first kappa shape index (κ1) is 24.4. The zero-order chi connectivity index (χ0) is 22.3. The second kappa shape index (κ2) is 11.6. The van der Waals surface area contributed by atoms with E-state index in [4.69, 9.17) is 21.1 Å². The molecule has 0 radical (unpaired) electrons. The fourth-order valence-electron chi connectivity index (χ4n) is 3.75. The Balaban J connectivity index is 1.43. The van der Waals surface area contributed by atoms with Gasteiger partial charge in [-0.3, -0.25) is 9.69 Å². The Morgan fingerprint density at radius 2 is 1.90 bits per heavy atom. The molecule has 2 fully saturated rings.